The minimum absolute atomic E-state index is 0.0822. The number of rotatable bonds is 3. The zero-order chi connectivity index (χ0) is 9.84. The molecule has 2 N–H and O–H groups in total. The minimum Gasteiger partial charge on any atom is -0.480 e. The van der Waals surface area contributed by atoms with Crippen LogP contribution in [0.3, 0.4) is 0 Å². The van der Waals surface area contributed by atoms with Crippen LogP contribution in [0.4, 0.5) is 0 Å². The summed E-state index contributed by atoms with van der Waals surface area (Å²) in [6.07, 6.45) is 0. The van der Waals surface area contributed by atoms with E-state index < -0.39 is 18.4 Å². The van der Waals surface area contributed by atoms with Gasteiger partial charge in [-0.1, -0.05) is 5.16 Å². The number of carboxylic acids is 1. The highest BCUT2D eigenvalue weighted by atomic mass is 16.5. The van der Waals surface area contributed by atoms with Gasteiger partial charge in [-0.05, 0) is 6.92 Å². The molecule has 13 heavy (non-hydrogen) atoms. The van der Waals surface area contributed by atoms with Crippen LogP contribution in [0.25, 0.3) is 0 Å². The third-order valence-electron chi connectivity index (χ3n) is 1.26. The molecule has 0 fully saturated rings. The van der Waals surface area contributed by atoms with Crippen molar-refractivity contribution in [3.05, 3.63) is 17.5 Å². The zero-order valence-electron chi connectivity index (χ0n) is 6.90. The summed E-state index contributed by atoms with van der Waals surface area (Å²) in [4.78, 5) is 21.1. The molecule has 6 nitrogen and oxygen atoms in total. The van der Waals surface area contributed by atoms with Gasteiger partial charge in [0.1, 0.15) is 12.3 Å². The first-order valence-electron chi connectivity index (χ1n) is 3.53. The van der Waals surface area contributed by atoms with Crippen LogP contribution < -0.4 is 5.32 Å². The number of aliphatic carboxylic acids is 1. The molecule has 1 amide bonds. The van der Waals surface area contributed by atoms with Crippen LogP contribution in [0.2, 0.25) is 0 Å². The van der Waals surface area contributed by atoms with Gasteiger partial charge in [-0.3, -0.25) is 9.59 Å². The van der Waals surface area contributed by atoms with E-state index in [1.165, 1.54) is 6.07 Å². The molecule has 0 saturated carbocycles. The van der Waals surface area contributed by atoms with Crippen LogP contribution in [-0.4, -0.2) is 28.7 Å². The summed E-state index contributed by atoms with van der Waals surface area (Å²) in [6, 6.07) is 1.43. The van der Waals surface area contributed by atoms with Crippen molar-refractivity contribution >= 4 is 11.9 Å². The Bertz CT molecular complexity index is 331. The van der Waals surface area contributed by atoms with Gasteiger partial charge < -0.3 is 14.9 Å². The second kappa shape index (κ2) is 3.70. The van der Waals surface area contributed by atoms with Gasteiger partial charge in [0.25, 0.3) is 5.91 Å². The van der Waals surface area contributed by atoms with Gasteiger partial charge in [0.05, 0.1) is 0 Å². The number of nitrogens with one attached hydrogen (secondary N) is 1. The van der Waals surface area contributed by atoms with Gasteiger partial charge in [-0.2, -0.15) is 0 Å². The summed E-state index contributed by atoms with van der Waals surface area (Å²) < 4.78 is 4.63. The van der Waals surface area contributed by atoms with Crippen molar-refractivity contribution in [3.8, 4) is 0 Å². The van der Waals surface area contributed by atoms with E-state index in [1.54, 1.807) is 6.92 Å². The Hall–Kier alpha value is -1.85. The second-order valence-corrected chi connectivity index (χ2v) is 2.40. The van der Waals surface area contributed by atoms with E-state index in [0.29, 0.717) is 5.76 Å². The fraction of sp³-hybridized carbons (Fsp3) is 0.286. The minimum atomic E-state index is -1.10. The van der Waals surface area contributed by atoms with Gasteiger partial charge in [0.2, 0.25) is 0 Å². The molecule has 0 aromatic carbocycles. The molecule has 1 aromatic rings. The number of carbonyl (C=O) groups is 2. The first-order valence-corrected chi connectivity index (χ1v) is 3.53. The van der Waals surface area contributed by atoms with Gasteiger partial charge >= 0.3 is 5.97 Å². The largest absolute Gasteiger partial charge is 0.480 e. The number of hydrogen-bond donors (Lipinski definition) is 2. The van der Waals surface area contributed by atoms with Crippen molar-refractivity contribution in [2.75, 3.05) is 6.54 Å². The van der Waals surface area contributed by atoms with Crippen molar-refractivity contribution in [1.29, 1.82) is 0 Å². The lowest BCUT2D eigenvalue weighted by molar-refractivity contribution is -0.135. The highest BCUT2D eigenvalue weighted by molar-refractivity contribution is 5.93. The van der Waals surface area contributed by atoms with Crippen molar-refractivity contribution in [1.82, 2.24) is 10.5 Å². The predicted molar refractivity (Wildman–Crippen MR) is 41.2 cm³/mol. The Kier molecular flexibility index (Phi) is 2.63. The van der Waals surface area contributed by atoms with E-state index >= 15 is 0 Å². The second-order valence-electron chi connectivity index (χ2n) is 2.40. The maximum Gasteiger partial charge on any atom is 0.322 e. The van der Waals surface area contributed by atoms with Crippen molar-refractivity contribution < 1.29 is 19.2 Å². The third-order valence-corrected chi connectivity index (χ3v) is 1.26. The summed E-state index contributed by atoms with van der Waals surface area (Å²) in [7, 11) is 0. The summed E-state index contributed by atoms with van der Waals surface area (Å²) in [5, 5.41) is 13.8. The van der Waals surface area contributed by atoms with Crippen LogP contribution in [-0.2, 0) is 4.79 Å². The Labute approximate surface area is 73.5 Å². The van der Waals surface area contributed by atoms with Crippen LogP contribution in [0.1, 0.15) is 16.2 Å². The number of hydrogen-bond acceptors (Lipinski definition) is 4. The molecule has 1 aromatic heterocycles. The Balaban J connectivity index is 2.54. The van der Waals surface area contributed by atoms with E-state index in [-0.39, 0.29) is 5.69 Å². The lowest BCUT2D eigenvalue weighted by Gasteiger charge is -1.96. The summed E-state index contributed by atoms with van der Waals surface area (Å²) in [6.45, 7) is 1.21. The highest BCUT2D eigenvalue weighted by Crippen LogP contribution is 2.00. The molecule has 0 bridgehead atoms. The molecule has 0 aliphatic heterocycles. The van der Waals surface area contributed by atoms with Crippen LogP contribution in [0.5, 0.6) is 0 Å². The van der Waals surface area contributed by atoms with E-state index in [2.05, 4.69) is 15.0 Å². The number of carbonyl (C=O) groups excluding carboxylic acids is 1. The molecular weight excluding hydrogens is 176 g/mol. The Morgan fingerprint density at radius 1 is 1.69 bits per heavy atom. The number of aryl methyl sites for hydroxylation is 1. The van der Waals surface area contributed by atoms with E-state index in [1.807, 2.05) is 0 Å². The predicted octanol–water partition coefficient (Wildman–Crippen LogP) is -0.203. The van der Waals surface area contributed by atoms with Crippen molar-refractivity contribution in [2.45, 2.75) is 6.92 Å². The first kappa shape index (κ1) is 9.24. The number of amides is 1. The average Bonchev–Trinajstić information content (AvgIpc) is 2.47. The maximum atomic E-state index is 11.1. The summed E-state index contributed by atoms with van der Waals surface area (Å²) >= 11 is 0. The van der Waals surface area contributed by atoms with Crippen molar-refractivity contribution in [3.63, 3.8) is 0 Å². The molecule has 0 unspecified atom stereocenters. The maximum absolute atomic E-state index is 11.1. The number of nitrogens with zero attached hydrogens (tertiary/aromatic N) is 1. The first-order chi connectivity index (χ1) is 6.09. The van der Waals surface area contributed by atoms with Gasteiger partial charge in [-0.25, -0.2) is 0 Å². The lowest BCUT2D eigenvalue weighted by Crippen LogP contribution is -2.29. The standard InChI is InChI=1S/C7H8N2O4/c1-4-2-5(9-13-4)7(12)8-3-6(10)11/h2H,3H2,1H3,(H,8,12)(H,10,11). The van der Waals surface area contributed by atoms with Crippen LogP contribution in [0, 0.1) is 6.92 Å². The molecule has 6 heteroatoms. The molecule has 0 spiro atoms. The molecule has 0 radical (unpaired) electrons. The fourth-order valence-electron chi connectivity index (χ4n) is 0.720. The molecule has 0 aliphatic rings. The smallest absolute Gasteiger partial charge is 0.322 e. The normalized spacial score (nSPS) is 9.62. The zero-order valence-corrected chi connectivity index (χ0v) is 6.90. The van der Waals surface area contributed by atoms with E-state index in [0.717, 1.165) is 0 Å². The Morgan fingerprint density at radius 3 is 2.85 bits per heavy atom. The van der Waals surface area contributed by atoms with Gasteiger partial charge in [0.15, 0.2) is 5.69 Å². The SMILES string of the molecule is Cc1cc(C(=O)NCC(=O)O)no1. The van der Waals surface area contributed by atoms with Gasteiger partial charge in [-0.15, -0.1) is 0 Å². The molecule has 1 rings (SSSR count). The van der Waals surface area contributed by atoms with Crippen molar-refractivity contribution in [2.24, 2.45) is 0 Å². The molecule has 0 atom stereocenters. The topological polar surface area (TPSA) is 92.4 Å². The summed E-state index contributed by atoms with van der Waals surface area (Å²) in [5.74, 6) is -1.16. The van der Waals surface area contributed by atoms with E-state index in [9.17, 15) is 9.59 Å². The monoisotopic (exact) mass is 184 g/mol. The van der Waals surface area contributed by atoms with Crippen LogP contribution >= 0.6 is 0 Å². The lowest BCUT2D eigenvalue weighted by atomic mass is 10.3. The molecular formula is C7H8N2O4. The molecule has 0 aliphatic carbocycles. The quantitative estimate of drug-likeness (QED) is 0.678. The molecule has 1 heterocycles. The number of carboxylic acid groups (broad SMARTS) is 1. The third kappa shape index (κ3) is 2.58. The fourth-order valence-corrected chi connectivity index (χ4v) is 0.720. The summed E-state index contributed by atoms with van der Waals surface area (Å²) in [5.41, 5.74) is 0.0822. The highest BCUT2D eigenvalue weighted by Gasteiger charge is 2.10. The Morgan fingerprint density at radius 2 is 2.38 bits per heavy atom. The van der Waals surface area contributed by atoms with Crippen LogP contribution in [0.15, 0.2) is 10.6 Å². The van der Waals surface area contributed by atoms with Gasteiger partial charge in [0, 0.05) is 6.07 Å². The number of aromatic nitrogens is 1. The molecule has 0 saturated heterocycles. The average molecular weight is 184 g/mol. The molecule has 70 valence electrons. The van der Waals surface area contributed by atoms with E-state index in [4.69, 9.17) is 5.11 Å².